The molecule has 0 saturated heterocycles. The number of carbonyl (C=O) groups excluding carboxylic acids is 2. The maximum absolute atomic E-state index is 13.7. The van der Waals surface area contributed by atoms with Crippen molar-refractivity contribution in [1.82, 2.24) is 0 Å². The second-order valence-corrected chi connectivity index (χ2v) is 13.6. The van der Waals surface area contributed by atoms with E-state index in [1.807, 2.05) is 34.6 Å². The molecule has 0 rings (SSSR count). The van der Waals surface area contributed by atoms with E-state index in [-0.39, 0.29) is 18.0 Å². The SMILES string of the molecule is C#COC(C)(CC)[SH](C)(=O)CCC(=O)OC(C)(C)C(C)(CC)C(=O)C(C)(CC)CCC. The van der Waals surface area contributed by atoms with Gasteiger partial charge >= 0.3 is 5.97 Å². The Morgan fingerprint density at radius 2 is 1.52 bits per heavy atom. The smallest absolute Gasteiger partial charge is 0.307 e. The molecule has 5 nitrogen and oxygen atoms in total. The molecule has 0 aliphatic heterocycles. The molecule has 0 aliphatic carbocycles. The molecule has 0 spiro atoms. The van der Waals surface area contributed by atoms with Crippen LogP contribution in [-0.2, 0) is 29.0 Å². The predicted molar refractivity (Wildman–Crippen MR) is 130 cm³/mol. The van der Waals surface area contributed by atoms with E-state index in [1.54, 1.807) is 27.0 Å². The van der Waals surface area contributed by atoms with Crippen molar-refractivity contribution in [2.24, 2.45) is 10.8 Å². The van der Waals surface area contributed by atoms with E-state index in [0.29, 0.717) is 12.8 Å². The number of carbonyl (C=O) groups is 2. The van der Waals surface area contributed by atoms with Crippen LogP contribution in [0.2, 0.25) is 0 Å². The van der Waals surface area contributed by atoms with Crippen LogP contribution < -0.4 is 0 Å². The lowest BCUT2D eigenvalue weighted by Gasteiger charge is -2.46. The van der Waals surface area contributed by atoms with Gasteiger partial charge in [0.1, 0.15) is 17.5 Å². The Morgan fingerprint density at radius 1 is 0.968 bits per heavy atom. The van der Waals surface area contributed by atoms with Crippen LogP contribution in [0.5, 0.6) is 0 Å². The summed E-state index contributed by atoms with van der Waals surface area (Å²) >= 11 is 0. The average Bonchev–Trinajstić information content (AvgIpc) is 2.70. The van der Waals surface area contributed by atoms with Crippen molar-refractivity contribution >= 4 is 21.7 Å². The quantitative estimate of drug-likeness (QED) is 0.218. The fourth-order valence-corrected chi connectivity index (χ4v) is 6.14. The second-order valence-electron chi connectivity index (χ2n) is 9.99. The van der Waals surface area contributed by atoms with Crippen LogP contribution in [0.4, 0.5) is 0 Å². The number of rotatable bonds is 14. The van der Waals surface area contributed by atoms with Crippen LogP contribution in [0.25, 0.3) is 0 Å². The molecule has 3 atom stereocenters. The molecule has 182 valence electrons. The summed E-state index contributed by atoms with van der Waals surface area (Å²) in [6.07, 6.45) is 12.5. The van der Waals surface area contributed by atoms with E-state index in [9.17, 15) is 13.8 Å². The van der Waals surface area contributed by atoms with Crippen LogP contribution in [0.15, 0.2) is 0 Å². The van der Waals surface area contributed by atoms with Crippen LogP contribution in [0.1, 0.15) is 101 Å². The Bertz CT molecular complexity index is 722. The van der Waals surface area contributed by atoms with Crippen LogP contribution in [-0.4, -0.2) is 38.5 Å². The first-order chi connectivity index (χ1) is 14.1. The number of esters is 1. The summed E-state index contributed by atoms with van der Waals surface area (Å²) in [5.41, 5.74) is -2.29. The average molecular weight is 459 g/mol. The van der Waals surface area contributed by atoms with Crippen molar-refractivity contribution in [1.29, 1.82) is 0 Å². The Balaban J connectivity index is 5.58. The van der Waals surface area contributed by atoms with E-state index in [4.69, 9.17) is 15.9 Å². The Labute approximate surface area is 191 Å². The maximum Gasteiger partial charge on any atom is 0.307 e. The molecule has 31 heavy (non-hydrogen) atoms. The number of thiol groups is 1. The minimum absolute atomic E-state index is 0.0191. The summed E-state index contributed by atoms with van der Waals surface area (Å²) in [6.45, 7) is 17.1. The molecule has 0 heterocycles. The maximum atomic E-state index is 13.7. The minimum Gasteiger partial charge on any atom is -0.459 e. The highest BCUT2D eigenvalue weighted by atomic mass is 32.2. The van der Waals surface area contributed by atoms with Crippen molar-refractivity contribution in [3.8, 4) is 12.5 Å². The highest BCUT2D eigenvalue weighted by Crippen LogP contribution is 2.46. The Kier molecular flexibility index (Phi) is 10.5. The molecule has 0 aromatic rings. The predicted octanol–water partition coefficient (Wildman–Crippen LogP) is 5.28. The summed E-state index contributed by atoms with van der Waals surface area (Å²) in [6, 6.07) is 0. The third-order valence-corrected chi connectivity index (χ3v) is 11.2. The first-order valence-electron chi connectivity index (χ1n) is 11.5. The zero-order valence-corrected chi connectivity index (χ0v) is 22.4. The van der Waals surface area contributed by atoms with Crippen molar-refractivity contribution in [3.63, 3.8) is 0 Å². The zero-order chi connectivity index (χ0) is 24.7. The molecule has 0 saturated carbocycles. The van der Waals surface area contributed by atoms with Gasteiger partial charge in [0.05, 0.1) is 11.8 Å². The molecule has 0 fully saturated rings. The summed E-state index contributed by atoms with van der Waals surface area (Å²) in [4.78, 5) is 25.5. The monoisotopic (exact) mass is 458 g/mol. The normalized spacial score (nSPS) is 18.6. The summed E-state index contributed by atoms with van der Waals surface area (Å²) in [5.74, 6) is -0.202. The fourth-order valence-electron chi connectivity index (χ4n) is 4.15. The lowest BCUT2D eigenvalue weighted by Crippen LogP contribution is -2.54. The van der Waals surface area contributed by atoms with Gasteiger partial charge in [0.2, 0.25) is 0 Å². The van der Waals surface area contributed by atoms with Crippen LogP contribution in [0.3, 0.4) is 0 Å². The molecular formula is C25H46O5S. The third kappa shape index (κ3) is 6.34. The van der Waals surface area contributed by atoms with Gasteiger partial charge in [-0.2, -0.15) is 0 Å². The van der Waals surface area contributed by atoms with Crippen molar-refractivity contribution in [3.05, 3.63) is 0 Å². The standard InChI is InChI=1S/C25H46O5S/c1-12-18-23(8,13-2)21(27)24(9,14-3)22(6,7)30-20(26)17-19-31(11,28)25(10,15-4)29-16-5/h5,31H,12-15,17-19H2,1-4,6-11H3. The van der Waals surface area contributed by atoms with Gasteiger partial charge in [-0.1, -0.05) is 57.4 Å². The molecule has 0 bridgehead atoms. The number of terminal acetylenes is 1. The molecular weight excluding hydrogens is 412 g/mol. The van der Waals surface area contributed by atoms with Crippen LogP contribution >= 0.6 is 0 Å². The van der Waals surface area contributed by atoms with Gasteiger partial charge in [0.25, 0.3) is 0 Å². The second kappa shape index (κ2) is 11.0. The Hall–Kier alpha value is -1.35. The molecule has 0 aromatic carbocycles. The number of ketones is 1. The van der Waals surface area contributed by atoms with E-state index in [2.05, 4.69) is 13.0 Å². The summed E-state index contributed by atoms with van der Waals surface area (Å²) < 4.78 is 24.4. The lowest BCUT2D eigenvalue weighted by atomic mass is 9.61. The zero-order valence-electron chi connectivity index (χ0n) is 21.5. The fraction of sp³-hybridized carbons (Fsp3) is 0.840. The highest BCUT2D eigenvalue weighted by molar-refractivity contribution is 8.03. The first-order valence-corrected chi connectivity index (χ1v) is 13.9. The van der Waals surface area contributed by atoms with Gasteiger partial charge in [-0.3, -0.25) is 13.8 Å². The van der Waals surface area contributed by atoms with Crippen molar-refractivity contribution in [2.45, 2.75) is 111 Å². The third-order valence-electron chi connectivity index (χ3n) is 7.71. The van der Waals surface area contributed by atoms with E-state index in [1.165, 1.54) is 0 Å². The van der Waals surface area contributed by atoms with Crippen molar-refractivity contribution < 1.29 is 23.3 Å². The molecule has 0 radical (unpaired) electrons. The molecule has 0 amide bonds. The van der Waals surface area contributed by atoms with Gasteiger partial charge in [-0.15, -0.1) is 0 Å². The highest BCUT2D eigenvalue weighted by Gasteiger charge is 2.53. The summed E-state index contributed by atoms with van der Waals surface area (Å²) in [5, 5.41) is 0. The molecule has 0 aliphatic rings. The molecule has 6 heteroatoms. The number of Topliss-reactive ketones (excluding diaryl/α,β-unsaturated/α-hetero) is 1. The minimum atomic E-state index is -2.89. The topological polar surface area (TPSA) is 69.7 Å². The van der Waals surface area contributed by atoms with Gasteiger partial charge in [0.15, 0.2) is 4.93 Å². The first kappa shape index (κ1) is 29.7. The van der Waals surface area contributed by atoms with Gasteiger partial charge < -0.3 is 9.47 Å². The largest absolute Gasteiger partial charge is 0.459 e. The van der Waals surface area contributed by atoms with E-state index in [0.717, 1.165) is 19.3 Å². The Morgan fingerprint density at radius 3 is 1.90 bits per heavy atom. The number of hydrogen-bond acceptors (Lipinski definition) is 5. The number of ether oxygens (including phenoxy) is 2. The van der Waals surface area contributed by atoms with Gasteiger partial charge in [-0.05, 0) is 59.6 Å². The van der Waals surface area contributed by atoms with Crippen LogP contribution in [0, 0.1) is 23.4 Å². The summed E-state index contributed by atoms with van der Waals surface area (Å²) in [7, 11) is -2.89. The lowest BCUT2D eigenvalue weighted by molar-refractivity contribution is -0.177. The molecule has 3 unspecified atom stereocenters. The molecule has 0 N–H and O–H groups in total. The van der Waals surface area contributed by atoms with E-state index < -0.39 is 37.3 Å². The van der Waals surface area contributed by atoms with Crippen molar-refractivity contribution in [2.75, 3.05) is 12.0 Å². The molecule has 0 aromatic heterocycles. The van der Waals surface area contributed by atoms with Gasteiger partial charge in [0, 0.05) is 11.2 Å². The number of hydrogen-bond donors (Lipinski definition) is 1. The van der Waals surface area contributed by atoms with Gasteiger partial charge in [-0.25, -0.2) is 0 Å². The van der Waals surface area contributed by atoms with E-state index >= 15 is 0 Å².